The smallest absolute Gasteiger partial charge is 0.335 e. The average molecular weight is 473 g/mol. The highest BCUT2D eigenvalue weighted by molar-refractivity contribution is 9.10. The molecule has 2 aromatic heterocycles. The zero-order valence-corrected chi connectivity index (χ0v) is 16.9. The molecule has 0 aliphatic carbocycles. The van der Waals surface area contributed by atoms with Crippen molar-refractivity contribution in [3.63, 3.8) is 0 Å². The van der Waals surface area contributed by atoms with E-state index in [0.29, 0.717) is 16.5 Å². The Bertz CT molecular complexity index is 1170. The van der Waals surface area contributed by atoms with Crippen molar-refractivity contribution in [2.45, 2.75) is 0 Å². The average Bonchev–Trinajstić information content (AvgIpc) is 3.17. The summed E-state index contributed by atoms with van der Waals surface area (Å²) in [6, 6.07) is 10.8. The molecule has 4 rings (SSSR count). The Kier molecular flexibility index (Phi) is 5.04. The fraction of sp³-hybridized carbons (Fsp3) is 0. The minimum Gasteiger partial charge on any atom is -0.457 e. The van der Waals surface area contributed by atoms with E-state index in [0.717, 1.165) is 14.9 Å². The summed E-state index contributed by atoms with van der Waals surface area (Å²) in [5.41, 5.74) is 0.803. The van der Waals surface area contributed by atoms with Gasteiger partial charge in [0, 0.05) is 22.4 Å². The van der Waals surface area contributed by atoms with Crippen molar-refractivity contribution < 1.29 is 18.8 Å². The van der Waals surface area contributed by atoms with Crippen molar-refractivity contribution in [1.82, 2.24) is 10.3 Å². The third kappa shape index (κ3) is 3.72. The number of carbonyl (C=O) groups is 3. The molecule has 4 amide bonds. The minimum atomic E-state index is -0.826. The molecule has 0 unspecified atom stereocenters. The van der Waals surface area contributed by atoms with E-state index in [9.17, 15) is 14.4 Å². The second-order valence-electron chi connectivity index (χ2n) is 5.99. The maximum atomic E-state index is 12.8. The number of aromatic nitrogens is 1. The number of benzene rings is 1. The van der Waals surface area contributed by atoms with Gasteiger partial charge in [-0.3, -0.25) is 19.9 Å². The van der Waals surface area contributed by atoms with Gasteiger partial charge in [0.25, 0.3) is 11.8 Å². The molecule has 1 aliphatic heterocycles. The molecule has 144 valence electrons. The number of urea groups is 1. The quantitative estimate of drug-likeness (QED) is 0.450. The van der Waals surface area contributed by atoms with Crippen LogP contribution in [0.25, 0.3) is 17.4 Å². The van der Waals surface area contributed by atoms with E-state index in [1.54, 1.807) is 24.3 Å². The van der Waals surface area contributed by atoms with E-state index >= 15 is 0 Å². The first-order valence-electron chi connectivity index (χ1n) is 8.31. The van der Waals surface area contributed by atoms with Crippen LogP contribution < -0.4 is 10.2 Å². The maximum Gasteiger partial charge on any atom is 0.335 e. The second-order valence-corrected chi connectivity index (χ2v) is 7.26. The van der Waals surface area contributed by atoms with E-state index in [2.05, 4.69) is 26.2 Å². The zero-order valence-electron chi connectivity index (χ0n) is 14.6. The Morgan fingerprint density at radius 1 is 1.07 bits per heavy atom. The van der Waals surface area contributed by atoms with Crippen molar-refractivity contribution in [2.24, 2.45) is 0 Å². The molecule has 0 bridgehead atoms. The van der Waals surface area contributed by atoms with Gasteiger partial charge in [0.15, 0.2) is 0 Å². The summed E-state index contributed by atoms with van der Waals surface area (Å²) in [5.74, 6) is -0.761. The zero-order chi connectivity index (χ0) is 20.5. The Morgan fingerprint density at radius 2 is 1.83 bits per heavy atom. The molecule has 1 fully saturated rings. The van der Waals surface area contributed by atoms with Crippen molar-refractivity contribution in [3.8, 4) is 11.3 Å². The lowest BCUT2D eigenvalue weighted by atomic mass is 10.1. The largest absolute Gasteiger partial charge is 0.457 e. The summed E-state index contributed by atoms with van der Waals surface area (Å²) in [4.78, 5) is 41.9. The third-order valence-corrected chi connectivity index (χ3v) is 5.37. The highest BCUT2D eigenvalue weighted by Gasteiger charge is 2.37. The molecule has 0 saturated carbocycles. The lowest BCUT2D eigenvalue weighted by Crippen LogP contribution is -2.54. The number of pyridine rings is 1. The van der Waals surface area contributed by atoms with Crippen LogP contribution in [0.3, 0.4) is 0 Å². The summed E-state index contributed by atoms with van der Waals surface area (Å²) < 4.78 is 6.49. The summed E-state index contributed by atoms with van der Waals surface area (Å²) in [6.07, 6.45) is 4.18. The molecule has 3 aromatic rings. The van der Waals surface area contributed by atoms with Gasteiger partial charge in [0.2, 0.25) is 0 Å². The topological polar surface area (TPSA) is 92.5 Å². The van der Waals surface area contributed by atoms with E-state index < -0.39 is 17.8 Å². The number of furan rings is 1. The van der Waals surface area contributed by atoms with Gasteiger partial charge in [0.05, 0.1) is 10.7 Å². The molecule has 7 nitrogen and oxygen atoms in total. The molecule has 0 spiro atoms. The number of hydrogen-bond acceptors (Lipinski definition) is 5. The first kappa shape index (κ1) is 19.1. The number of barbiturate groups is 1. The summed E-state index contributed by atoms with van der Waals surface area (Å²) in [7, 11) is 0. The summed E-state index contributed by atoms with van der Waals surface area (Å²) >= 11 is 9.44. The number of rotatable bonds is 3. The molecule has 0 atom stereocenters. The minimum absolute atomic E-state index is 0.226. The van der Waals surface area contributed by atoms with Crippen LogP contribution in [0.15, 0.2) is 69.3 Å². The van der Waals surface area contributed by atoms with Crippen LogP contribution in [-0.4, -0.2) is 22.8 Å². The van der Waals surface area contributed by atoms with Crippen LogP contribution in [0.4, 0.5) is 10.5 Å². The lowest BCUT2D eigenvalue weighted by Gasteiger charge is -2.25. The number of hydrogen-bond donors (Lipinski definition) is 1. The fourth-order valence-corrected chi connectivity index (χ4v) is 3.19. The molecule has 3 heterocycles. The van der Waals surface area contributed by atoms with Gasteiger partial charge in [0.1, 0.15) is 17.1 Å². The van der Waals surface area contributed by atoms with Crippen molar-refractivity contribution in [3.05, 3.63) is 75.7 Å². The summed E-state index contributed by atoms with van der Waals surface area (Å²) in [6.45, 7) is 0. The highest BCUT2D eigenvalue weighted by atomic mass is 79.9. The van der Waals surface area contributed by atoms with Crippen LogP contribution in [-0.2, 0) is 9.59 Å². The van der Waals surface area contributed by atoms with E-state index in [-0.39, 0.29) is 11.3 Å². The van der Waals surface area contributed by atoms with Gasteiger partial charge in [-0.05, 0) is 58.4 Å². The van der Waals surface area contributed by atoms with Crippen molar-refractivity contribution in [1.29, 1.82) is 0 Å². The standard InChI is InChI=1S/C20H11BrClN3O4/c21-15-3-1-11(9-16(15)22)17-4-2-13(29-17)10-14-18(26)24-20(28)25(19(14)27)12-5-7-23-8-6-12/h1-10H,(H,24,26,28)/b14-10+. The van der Waals surface area contributed by atoms with Gasteiger partial charge in [-0.1, -0.05) is 17.7 Å². The Labute approximate surface area is 178 Å². The monoisotopic (exact) mass is 471 g/mol. The number of amides is 4. The van der Waals surface area contributed by atoms with E-state index in [4.69, 9.17) is 16.0 Å². The van der Waals surface area contributed by atoms with Crippen LogP contribution >= 0.6 is 27.5 Å². The molecule has 1 N–H and O–H groups in total. The van der Waals surface area contributed by atoms with Crippen molar-refractivity contribution >= 4 is 57.1 Å². The first-order valence-corrected chi connectivity index (χ1v) is 9.48. The molecule has 1 aliphatic rings. The van der Waals surface area contributed by atoms with Crippen molar-refractivity contribution in [2.75, 3.05) is 4.90 Å². The van der Waals surface area contributed by atoms with Crippen LogP contribution in [0.5, 0.6) is 0 Å². The molecule has 1 aromatic carbocycles. The molecule has 0 radical (unpaired) electrons. The number of imide groups is 2. The summed E-state index contributed by atoms with van der Waals surface area (Å²) in [5, 5.41) is 2.68. The highest BCUT2D eigenvalue weighted by Crippen LogP contribution is 2.30. The van der Waals surface area contributed by atoms with Gasteiger partial charge >= 0.3 is 6.03 Å². The van der Waals surface area contributed by atoms with Crippen LogP contribution in [0.2, 0.25) is 5.02 Å². The number of nitrogens with one attached hydrogen (secondary N) is 1. The first-order chi connectivity index (χ1) is 13.9. The normalized spacial score (nSPS) is 15.7. The fourth-order valence-electron chi connectivity index (χ4n) is 2.76. The number of halogens is 2. The number of anilines is 1. The lowest BCUT2D eigenvalue weighted by molar-refractivity contribution is -0.122. The number of nitrogens with zero attached hydrogens (tertiary/aromatic N) is 2. The van der Waals surface area contributed by atoms with Gasteiger partial charge < -0.3 is 4.42 Å². The second kappa shape index (κ2) is 7.65. The molecule has 29 heavy (non-hydrogen) atoms. The van der Waals surface area contributed by atoms with Crippen LogP contribution in [0.1, 0.15) is 5.76 Å². The SMILES string of the molecule is O=C1NC(=O)N(c2ccncc2)C(=O)/C1=C/c1ccc(-c2ccc(Br)c(Cl)c2)o1. The van der Waals surface area contributed by atoms with Gasteiger partial charge in [-0.15, -0.1) is 0 Å². The Hall–Kier alpha value is -3.23. The van der Waals surface area contributed by atoms with E-state index in [1.165, 1.54) is 30.6 Å². The third-order valence-electron chi connectivity index (χ3n) is 4.14. The molecule has 1 saturated heterocycles. The van der Waals surface area contributed by atoms with E-state index in [1.807, 2.05) is 6.07 Å². The van der Waals surface area contributed by atoms with Crippen LogP contribution in [0, 0.1) is 0 Å². The molecular formula is C20H11BrClN3O4. The van der Waals surface area contributed by atoms with Gasteiger partial charge in [-0.2, -0.15) is 0 Å². The Morgan fingerprint density at radius 3 is 2.55 bits per heavy atom. The Balaban J connectivity index is 1.67. The molecule has 9 heteroatoms. The predicted molar refractivity (Wildman–Crippen MR) is 110 cm³/mol. The predicted octanol–water partition coefficient (Wildman–Crippen LogP) is 4.42. The number of carbonyl (C=O) groups excluding carboxylic acids is 3. The maximum absolute atomic E-state index is 12.8. The van der Waals surface area contributed by atoms with Gasteiger partial charge in [-0.25, -0.2) is 9.69 Å². The molecular weight excluding hydrogens is 462 g/mol.